The van der Waals surface area contributed by atoms with Crippen molar-refractivity contribution in [3.05, 3.63) is 59.5 Å². The summed E-state index contributed by atoms with van der Waals surface area (Å²) in [6.07, 6.45) is 2.52. The van der Waals surface area contributed by atoms with E-state index in [4.69, 9.17) is 4.42 Å². The van der Waals surface area contributed by atoms with Crippen molar-refractivity contribution >= 4 is 44.4 Å². The van der Waals surface area contributed by atoms with Crippen LogP contribution in [0.25, 0.3) is 21.2 Å². The lowest BCUT2D eigenvalue weighted by atomic mass is 9.96. The van der Waals surface area contributed by atoms with Crippen LogP contribution in [0.2, 0.25) is 0 Å². The number of amides is 1. The van der Waals surface area contributed by atoms with Crippen LogP contribution in [0.15, 0.2) is 58.3 Å². The van der Waals surface area contributed by atoms with Gasteiger partial charge in [-0.25, -0.2) is 0 Å². The summed E-state index contributed by atoms with van der Waals surface area (Å²) < 4.78 is 7.17. The lowest BCUT2D eigenvalue weighted by molar-refractivity contribution is -0.125. The van der Waals surface area contributed by atoms with E-state index in [-0.39, 0.29) is 11.8 Å². The van der Waals surface area contributed by atoms with E-state index >= 15 is 0 Å². The molecule has 0 saturated carbocycles. The molecule has 2 aromatic heterocycles. The molecule has 0 aliphatic carbocycles. The van der Waals surface area contributed by atoms with Crippen LogP contribution in [0, 0.1) is 5.92 Å². The zero-order valence-electron chi connectivity index (χ0n) is 16.1. The van der Waals surface area contributed by atoms with Gasteiger partial charge in [0.15, 0.2) is 5.58 Å². The molecule has 5 nitrogen and oxygen atoms in total. The summed E-state index contributed by atoms with van der Waals surface area (Å²) >= 11 is 1.77. The van der Waals surface area contributed by atoms with E-state index in [0.717, 1.165) is 43.5 Å². The van der Waals surface area contributed by atoms with Gasteiger partial charge in [0, 0.05) is 30.3 Å². The maximum Gasteiger partial charge on any atom is 0.298 e. The lowest BCUT2D eigenvalue weighted by Crippen LogP contribution is -2.41. The number of rotatable bonds is 5. The van der Waals surface area contributed by atoms with E-state index in [0.29, 0.717) is 12.6 Å². The molecular weight excluding hydrogens is 382 g/mol. The molecule has 6 heteroatoms. The maximum atomic E-state index is 12.6. The summed E-state index contributed by atoms with van der Waals surface area (Å²) in [4.78, 5) is 19.3. The minimum absolute atomic E-state index is 0.0647. The van der Waals surface area contributed by atoms with Gasteiger partial charge in [0.2, 0.25) is 5.91 Å². The highest BCUT2D eigenvalue weighted by molar-refractivity contribution is 7.17. The number of aromatic nitrogens is 1. The van der Waals surface area contributed by atoms with Crippen LogP contribution < -0.4 is 10.2 Å². The number of oxazole rings is 1. The molecule has 1 saturated heterocycles. The molecule has 0 atom stereocenters. The second-order valence-electron chi connectivity index (χ2n) is 7.52. The number of carbonyl (C=O) groups excluding carboxylic acids is 1. The summed E-state index contributed by atoms with van der Waals surface area (Å²) in [6, 6.07) is 16.9. The van der Waals surface area contributed by atoms with Crippen molar-refractivity contribution in [2.45, 2.75) is 19.3 Å². The standard InChI is InChI=1S/C23H23N3O2S/c27-22(24-12-9-17-15-29-21-8-4-1-5-18(17)21)16-10-13-26(14-11-16)23-25-19-6-2-3-7-20(19)28-23/h1-8,15-16H,9-14H2,(H,24,27). The van der Waals surface area contributed by atoms with Gasteiger partial charge in [-0.05, 0) is 53.8 Å². The number of nitrogens with one attached hydrogen (secondary N) is 1. The number of benzene rings is 2. The highest BCUT2D eigenvalue weighted by Gasteiger charge is 2.27. The van der Waals surface area contributed by atoms with E-state index in [1.165, 1.54) is 15.6 Å². The van der Waals surface area contributed by atoms with E-state index in [9.17, 15) is 4.79 Å². The summed E-state index contributed by atoms with van der Waals surface area (Å²) in [5.74, 6) is 0.233. The highest BCUT2D eigenvalue weighted by Crippen LogP contribution is 2.27. The van der Waals surface area contributed by atoms with Gasteiger partial charge in [-0.15, -0.1) is 11.3 Å². The van der Waals surface area contributed by atoms with Crippen LogP contribution >= 0.6 is 11.3 Å². The van der Waals surface area contributed by atoms with Crippen molar-refractivity contribution in [3.63, 3.8) is 0 Å². The van der Waals surface area contributed by atoms with Gasteiger partial charge in [0.25, 0.3) is 6.01 Å². The topological polar surface area (TPSA) is 58.4 Å². The molecule has 1 aliphatic rings. The minimum Gasteiger partial charge on any atom is -0.423 e. The van der Waals surface area contributed by atoms with Gasteiger partial charge < -0.3 is 14.6 Å². The predicted octanol–water partition coefficient (Wildman–Crippen LogP) is 4.62. The molecule has 1 N–H and O–H groups in total. The van der Waals surface area contributed by atoms with E-state index in [2.05, 4.69) is 44.8 Å². The number of carbonyl (C=O) groups is 1. The fourth-order valence-electron chi connectivity index (χ4n) is 4.02. The van der Waals surface area contributed by atoms with Crippen LogP contribution in [0.5, 0.6) is 0 Å². The molecule has 1 amide bonds. The Morgan fingerprint density at radius 2 is 1.93 bits per heavy atom. The molecule has 1 fully saturated rings. The SMILES string of the molecule is O=C(NCCc1csc2ccccc12)C1CCN(c2nc3ccccc3o2)CC1. The summed E-state index contributed by atoms with van der Waals surface area (Å²) in [5, 5.41) is 6.65. The summed E-state index contributed by atoms with van der Waals surface area (Å²) in [7, 11) is 0. The largest absolute Gasteiger partial charge is 0.423 e. The van der Waals surface area contributed by atoms with E-state index in [1.54, 1.807) is 11.3 Å². The summed E-state index contributed by atoms with van der Waals surface area (Å²) in [6.45, 7) is 2.27. The number of piperidine rings is 1. The smallest absolute Gasteiger partial charge is 0.298 e. The fourth-order valence-corrected chi connectivity index (χ4v) is 5.02. The Kier molecular flexibility index (Phi) is 4.94. The second-order valence-corrected chi connectivity index (χ2v) is 8.43. The van der Waals surface area contributed by atoms with Gasteiger partial charge >= 0.3 is 0 Å². The second kappa shape index (κ2) is 7.87. The number of para-hydroxylation sites is 2. The number of nitrogens with zero attached hydrogens (tertiary/aromatic N) is 2. The van der Waals surface area contributed by atoms with Crippen LogP contribution in [0.1, 0.15) is 18.4 Å². The zero-order chi connectivity index (χ0) is 19.6. The molecule has 4 aromatic rings. The number of hydrogen-bond donors (Lipinski definition) is 1. The van der Waals surface area contributed by atoms with Gasteiger partial charge in [-0.1, -0.05) is 30.3 Å². The zero-order valence-corrected chi connectivity index (χ0v) is 17.0. The summed E-state index contributed by atoms with van der Waals surface area (Å²) in [5.41, 5.74) is 3.00. The first-order valence-electron chi connectivity index (χ1n) is 10.1. The monoisotopic (exact) mass is 405 g/mol. The van der Waals surface area contributed by atoms with Crippen LogP contribution in [-0.4, -0.2) is 30.5 Å². The third-order valence-electron chi connectivity index (χ3n) is 5.67. The first kappa shape index (κ1) is 18.2. The Morgan fingerprint density at radius 3 is 2.79 bits per heavy atom. The van der Waals surface area contributed by atoms with E-state index < -0.39 is 0 Å². The minimum atomic E-state index is 0.0647. The molecule has 0 bridgehead atoms. The van der Waals surface area contributed by atoms with Crippen molar-refractivity contribution < 1.29 is 9.21 Å². The molecule has 1 aliphatic heterocycles. The molecule has 0 spiro atoms. The first-order chi connectivity index (χ1) is 14.3. The van der Waals surface area contributed by atoms with Crippen LogP contribution in [0.4, 0.5) is 6.01 Å². The Balaban J connectivity index is 1.13. The fraction of sp³-hybridized carbons (Fsp3) is 0.304. The van der Waals surface area contributed by atoms with E-state index in [1.807, 2.05) is 24.3 Å². The van der Waals surface area contributed by atoms with Gasteiger partial charge in [0.1, 0.15) is 5.52 Å². The quantitative estimate of drug-likeness (QED) is 0.526. The third kappa shape index (κ3) is 3.72. The number of fused-ring (bicyclic) bond motifs is 2. The Hall–Kier alpha value is -2.86. The number of anilines is 1. The average molecular weight is 406 g/mol. The Labute approximate surface area is 173 Å². The van der Waals surface area contributed by atoms with Crippen molar-refractivity contribution in [3.8, 4) is 0 Å². The number of thiophene rings is 1. The number of hydrogen-bond acceptors (Lipinski definition) is 5. The van der Waals surface area contributed by atoms with Gasteiger partial charge in [-0.3, -0.25) is 4.79 Å². The van der Waals surface area contributed by atoms with Crippen LogP contribution in [0.3, 0.4) is 0 Å². The molecule has 0 radical (unpaired) electrons. The molecule has 29 heavy (non-hydrogen) atoms. The van der Waals surface area contributed by atoms with Crippen molar-refractivity contribution in [2.24, 2.45) is 5.92 Å². The van der Waals surface area contributed by atoms with Crippen molar-refractivity contribution in [1.82, 2.24) is 10.3 Å². The first-order valence-corrected chi connectivity index (χ1v) is 11.0. The highest BCUT2D eigenvalue weighted by atomic mass is 32.1. The third-order valence-corrected chi connectivity index (χ3v) is 6.69. The predicted molar refractivity (Wildman–Crippen MR) is 117 cm³/mol. The van der Waals surface area contributed by atoms with Gasteiger partial charge in [-0.2, -0.15) is 4.98 Å². The van der Waals surface area contributed by atoms with Crippen LogP contribution in [-0.2, 0) is 11.2 Å². The maximum absolute atomic E-state index is 12.6. The normalized spacial score (nSPS) is 15.2. The van der Waals surface area contributed by atoms with Crippen molar-refractivity contribution in [1.29, 1.82) is 0 Å². The Bertz CT molecular complexity index is 1110. The lowest BCUT2D eigenvalue weighted by Gasteiger charge is -2.30. The molecule has 0 unspecified atom stereocenters. The van der Waals surface area contributed by atoms with Gasteiger partial charge in [0.05, 0.1) is 0 Å². The molecule has 5 rings (SSSR count). The average Bonchev–Trinajstić information content (AvgIpc) is 3.38. The molecular formula is C23H23N3O2S. The molecule has 3 heterocycles. The Morgan fingerprint density at radius 1 is 1.14 bits per heavy atom. The molecule has 148 valence electrons. The molecule has 2 aromatic carbocycles. The van der Waals surface area contributed by atoms with Crippen molar-refractivity contribution in [2.75, 3.05) is 24.5 Å².